The molecule has 6 nitrogen and oxygen atoms in total. The molecule has 0 aromatic heterocycles. The van der Waals surface area contributed by atoms with Crippen LogP contribution in [-0.4, -0.2) is 43.5 Å². The van der Waals surface area contributed by atoms with Gasteiger partial charge in [0.2, 0.25) is 5.91 Å². The van der Waals surface area contributed by atoms with Crippen molar-refractivity contribution in [2.45, 2.75) is 25.8 Å². The molecule has 0 fully saturated rings. The fourth-order valence-corrected chi connectivity index (χ4v) is 1.59. The van der Waals surface area contributed by atoms with Crippen molar-refractivity contribution in [3.05, 3.63) is 24.3 Å². The Morgan fingerprint density at radius 3 is 2.36 bits per heavy atom. The molecule has 1 atom stereocenters. The first-order chi connectivity index (χ1) is 9.93. The van der Waals surface area contributed by atoms with Gasteiger partial charge in [-0.25, -0.2) is 0 Å². The van der Waals surface area contributed by atoms with Gasteiger partial charge in [0.05, 0.1) is 6.04 Å². The van der Waals surface area contributed by atoms with E-state index in [1.165, 1.54) is 4.90 Å². The highest BCUT2D eigenvalue weighted by molar-refractivity contribution is 5.94. The van der Waals surface area contributed by atoms with Gasteiger partial charge in [0.15, 0.2) is 6.61 Å². The maximum atomic E-state index is 11.8. The molecule has 1 rings (SSSR count). The Balaban J connectivity index is 0.00000441. The maximum absolute atomic E-state index is 11.8. The van der Waals surface area contributed by atoms with Crippen molar-refractivity contribution in [1.82, 2.24) is 4.90 Å². The van der Waals surface area contributed by atoms with Crippen LogP contribution in [0.2, 0.25) is 0 Å². The van der Waals surface area contributed by atoms with Gasteiger partial charge in [-0.2, -0.15) is 0 Å². The summed E-state index contributed by atoms with van der Waals surface area (Å²) in [5.41, 5.74) is 6.39. The molecule has 22 heavy (non-hydrogen) atoms. The third-order valence-electron chi connectivity index (χ3n) is 2.92. The molecular formula is C15H24ClN3O3. The molecule has 0 heterocycles. The van der Waals surface area contributed by atoms with Crippen molar-refractivity contribution < 1.29 is 14.3 Å². The number of nitrogens with one attached hydrogen (secondary N) is 1. The van der Waals surface area contributed by atoms with Gasteiger partial charge in [0.25, 0.3) is 5.91 Å². The quantitative estimate of drug-likeness (QED) is 0.796. The van der Waals surface area contributed by atoms with Crippen LogP contribution in [0.1, 0.15) is 19.8 Å². The summed E-state index contributed by atoms with van der Waals surface area (Å²) in [7, 11) is 3.34. The molecule has 0 saturated carbocycles. The molecule has 1 aromatic rings. The molecule has 0 aliphatic rings. The van der Waals surface area contributed by atoms with E-state index in [9.17, 15) is 9.59 Å². The Morgan fingerprint density at radius 1 is 1.27 bits per heavy atom. The van der Waals surface area contributed by atoms with E-state index < -0.39 is 6.04 Å². The predicted octanol–water partition coefficient (Wildman–Crippen LogP) is 1.64. The van der Waals surface area contributed by atoms with E-state index in [0.29, 0.717) is 17.9 Å². The van der Waals surface area contributed by atoms with Crippen LogP contribution in [0.15, 0.2) is 24.3 Å². The lowest BCUT2D eigenvalue weighted by Gasteiger charge is -2.13. The van der Waals surface area contributed by atoms with Gasteiger partial charge in [-0.1, -0.05) is 13.3 Å². The monoisotopic (exact) mass is 329 g/mol. The molecule has 3 N–H and O–H groups in total. The first kappa shape index (κ1) is 20.2. The van der Waals surface area contributed by atoms with Gasteiger partial charge in [-0.3, -0.25) is 9.59 Å². The highest BCUT2D eigenvalue weighted by Crippen LogP contribution is 2.16. The van der Waals surface area contributed by atoms with Gasteiger partial charge in [0.1, 0.15) is 5.75 Å². The zero-order chi connectivity index (χ0) is 15.8. The van der Waals surface area contributed by atoms with Crippen LogP contribution >= 0.6 is 12.4 Å². The van der Waals surface area contributed by atoms with Gasteiger partial charge in [0, 0.05) is 19.8 Å². The highest BCUT2D eigenvalue weighted by atomic mass is 35.5. The maximum Gasteiger partial charge on any atom is 0.259 e. The molecule has 0 spiro atoms. The average molecular weight is 330 g/mol. The number of nitrogens with two attached hydrogens (primary N) is 1. The molecule has 2 amide bonds. The molecular weight excluding hydrogens is 306 g/mol. The third kappa shape index (κ3) is 6.78. The molecule has 1 aromatic carbocycles. The Bertz CT molecular complexity index is 477. The minimum atomic E-state index is -0.497. The molecule has 0 aliphatic carbocycles. The van der Waals surface area contributed by atoms with Crippen molar-refractivity contribution in [2.24, 2.45) is 5.73 Å². The molecule has 0 saturated heterocycles. The number of rotatable bonds is 7. The standard InChI is InChI=1S/C15H23N3O3.ClH/c1-4-5-13(16)15(20)17-11-6-8-12(9-7-11)21-10-14(19)18(2)3;/h6-9,13H,4-5,10,16H2,1-3H3,(H,17,20);1H. The van der Waals surface area contributed by atoms with Crippen molar-refractivity contribution in [3.63, 3.8) is 0 Å². The Kier molecular flexibility index (Phi) is 9.21. The summed E-state index contributed by atoms with van der Waals surface area (Å²) < 4.78 is 5.35. The number of amides is 2. The van der Waals surface area contributed by atoms with Gasteiger partial charge < -0.3 is 20.7 Å². The number of carbonyl (C=O) groups excluding carboxylic acids is 2. The Labute approximate surface area is 137 Å². The Hall–Kier alpha value is -1.79. The van der Waals surface area contributed by atoms with Gasteiger partial charge in [-0.05, 0) is 30.7 Å². The summed E-state index contributed by atoms with van der Waals surface area (Å²) in [6, 6.07) is 6.33. The lowest BCUT2D eigenvalue weighted by atomic mass is 10.1. The van der Waals surface area contributed by atoms with E-state index >= 15 is 0 Å². The molecule has 0 aliphatic heterocycles. The highest BCUT2D eigenvalue weighted by Gasteiger charge is 2.12. The van der Waals surface area contributed by atoms with Crippen LogP contribution in [0.5, 0.6) is 5.75 Å². The van der Waals surface area contributed by atoms with E-state index in [2.05, 4.69) is 5.32 Å². The van der Waals surface area contributed by atoms with Crippen LogP contribution < -0.4 is 15.8 Å². The SMILES string of the molecule is CCCC(N)C(=O)Nc1ccc(OCC(=O)N(C)C)cc1.Cl. The van der Waals surface area contributed by atoms with Gasteiger partial charge in [-0.15, -0.1) is 12.4 Å². The molecule has 0 radical (unpaired) electrons. The summed E-state index contributed by atoms with van der Waals surface area (Å²) in [4.78, 5) is 24.6. The number of hydrogen-bond acceptors (Lipinski definition) is 4. The van der Waals surface area contributed by atoms with E-state index in [0.717, 1.165) is 6.42 Å². The number of halogens is 1. The topological polar surface area (TPSA) is 84.7 Å². The van der Waals surface area contributed by atoms with E-state index in [1.807, 2.05) is 6.92 Å². The molecule has 1 unspecified atom stereocenters. The predicted molar refractivity (Wildman–Crippen MR) is 89.4 cm³/mol. The van der Waals surface area contributed by atoms with Crippen LogP contribution in [0.25, 0.3) is 0 Å². The number of likely N-dealkylation sites (N-methyl/N-ethyl adjacent to an activating group) is 1. The molecule has 124 valence electrons. The summed E-state index contributed by atoms with van der Waals surface area (Å²) in [6.07, 6.45) is 1.51. The first-order valence-electron chi connectivity index (χ1n) is 6.93. The van der Waals surface area contributed by atoms with Gasteiger partial charge >= 0.3 is 0 Å². The van der Waals surface area contributed by atoms with E-state index in [1.54, 1.807) is 38.4 Å². The Morgan fingerprint density at radius 2 is 1.86 bits per heavy atom. The fraction of sp³-hybridized carbons (Fsp3) is 0.467. The van der Waals surface area contributed by atoms with Crippen LogP contribution in [0.3, 0.4) is 0 Å². The van der Waals surface area contributed by atoms with Crippen LogP contribution in [0, 0.1) is 0 Å². The second-order valence-electron chi connectivity index (χ2n) is 4.99. The summed E-state index contributed by atoms with van der Waals surface area (Å²) >= 11 is 0. The summed E-state index contributed by atoms with van der Waals surface area (Å²) in [6.45, 7) is 1.97. The second kappa shape index (κ2) is 10.0. The smallest absolute Gasteiger partial charge is 0.259 e. The van der Waals surface area contributed by atoms with Crippen LogP contribution in [-0.2, 0) is 9.59 Å². The van der Waals surface area contributed by atoms with E-state index in [-0.39, 0.29) is 30.8 Å². The van der Waals surface area contributed by atoms with Crippen molar-refractivity contribution >= 4 is 29.9 Å². The minimum Gasteiger partial charge on any atom is -0.484 e. The number of nitrogens with zero attached hydrogens (tertiary/aromatic N) is 1. The van der Waals surface area contributed by atoms with Crippen molar-refractivity contribution in [3.8, 4) is 5.75 Å². The zero-order valence-electron chi connectivity index (χ0n) is 13.2. The second-order valence-corrected chi connectivity index (χ2v) is 4.99. The molecule has 0 bridgehead atoms. The number of carbonyl (C=O) groups is 2. The summed E-state index contributed by atoms with van der Waals surface area (Å²) in [5.74, 6) is 0.257. The average Bonchev–Trinajstić information content (AvgIpc) is 2.46. The van der Waals surface area contributed by atoms with Crippen LogP contribution in [0.4, 0.5) is 5.69 Å². The summed E-state index contributed by atoms with van der Waals surface area (Å²) in [5, 5.41) is 2.74. The number of hydrogen-bond donors (Lipinski definition) is 2. The zero-order valence-corrected chi connectivity index (χ0v) is 14.0. The lowest BCUT2D eigenvalue weighted by molar-refractivity contribution is -0.130. The van der Waals surface area contributed by atoms with E-state index in [4.69, 9.17) is 10.5 Å². The number of anilines is 1. The fourth-order valence-electron chi connectivity index (χ4n) is 1.59. The number of benzene rings is 1. The third-order valence-corrected chi connectivity index (χ3v) is 2.92. The minimum absolute atomic E-state index is 0. The first-order valence-corrected chi connectivity index (χ1v) is 6.93. The lowest BCUT2D eigenvalue weighted by Crippen LogP contribution is -2.35. The van der Waals surface area contributed by atoms with Crippen molar-refractivity contribution in [2.75, 3.05) is 26.0 Å². The largest absolute Gasteiger partial charge is 0.484 e. The number of ether oxygens (including phenoxy) is 1. The normalized spacial score (nSPS) is 11.1. The van der Waals surface area contributed by atoms with Crippen molar-refractivity contribution in [1.29, 1.82) is 0 Å². The molecule has 7 heteroatoms.